The highest BCUT2D eigenvalue weighted by Crippen LogP contribution is 2.03. The maximum atomic E-state index is 5.18. The van der Waals surface area contributed by atoms with Crippen molar-refractivity contribution in [3.63, 3.8) is 0 Å². The summed E-state index contributed by atoms with van der Waals surface area (Å²) in [5.41, 5.74) is 5.21. The Morgan fingerprint density at radius 2 is 1.73 bits per heavy atom. The van der Waals surface area contributed by atoms with Crippen LogP contribution in [0.25, 0.3) is 0 Å². The topological polar surface area (TPSA) is 38.0 Å². The Balaban J connectivity index is 2.66. The summed E-state index contributed by atoms with van der Waals surface area (Å²) in [6, 6.07) is 8.46. The minimum absolute atomic E-state index is 0.740. The number of benzene rings is 1. The van der Waals surface area contributed by atoms with Crippen LogP contribution < -0.4 is 11.3 Å². The van der Waals surface area contributed by atoms with Crippen molar-refractivity contribution in [1.82, 2.24) is 5.43 Å². The Morgan fingerprint density at radius 3 is 2.18 bits per heavy atom. The number of hydrazine groups is 1. The van der Waals surface area contributed by atoms with Crippen molar-refractivity contribution in [3.8, 4) is 0 Å². The van der Waals surface area contributed by atoms with E-state index in [-0.39, 0.29) is 0 Å². The van der Waals surface area contributed by atoms with Gasteiger partial charge in [0.15, 0.2) is 0 Å². The minimum atomic E-state index is 0.740. The highest BCUT2D eigenvalue weighted by atomic mass is 15.2. The fraction of sp³-hybridized carbons (Fsp3) is 0.333. The molecule has 0 amide bonds. The predicted octanol–water partition coefficient (Wildman–Crippen LogP) is 1.21. The molecule has 0 radical (unpaired) electrons. The Kier molecular flexibility index (Phi) is 3.08. The van der Waals surface area contributed by atoms with Gasteiger partial charge in [-0.3, -0.25) is 11.3 Å². The van der Waals surface area contributed by atoms with Crippen LogP contribution in [0.1, 0.15) is 18.1 Å². The van der Waals surface area contributed by atoms with E-state index in [1.165, 1.54) is 11.1 Å². The van der Waals surface area contributed by atoms with Gasteiger partial charge in [-0.05, 0) is 17.5 Å². The summed E-state index contributed by atoms with van der Waals surface area (Å²) in [5, 5.41) is 0. The largest absolute Gasteiger partial charge is 0.271 e. The molecule has 3 N–H and O–H groups in total. The molecule has 1 aromatic rings. The molecule has 0 heterocycles. The van der Waals surface area contributed by atoms with Crippen LogP contribution in [0, 0.1) is 0 Å². The lowest BCUT2D eigenvalue weighted by Crippen LogP contribution is -2.20. The second-order valence-corrected chi connectivity index (χ2v) is 2.55. The van der Waals surface area contributed by atoms with Gasteiger partial charge in [0.25, 0.3) is 0 Å². The van der Waals surface area contributed by atoms with E-state index >= 15 is 0 Å². The molecule has 60 valence electrons. The lowest BCUT2D eigenvalue weighted by molar-refractivity contribution is 0.741. The van der Waals surface area contributed by atoms with Gasteiger partial charge in [-0.25, -0.2) is 0 Å². The van der Waals surface area contributed by atoms with Gasteiger partial charge in [0.05, 0.1) is 0 Å². The number of nitrogens with two attached hydrogens (primary N) is 1. The number of hydrogen-bond donors (Lipinski definition) is 2. The fourth-order valence-corrected chi connectivity index (χ4v) is 1.01. The van der Waals surface area contributed by atoms with E-state index in [4.69, 9.17) is 5.84 Å². The SMILES string of the molecule is CCc1ccc(CNN)cc1. The predicted molar refractivity (Wildman–Crippen MR) is 46.8 cm³/mol. The zero-order valence-corrected chi connectivity index (χ0v) is 6.80. The molecule has 0 aliphatic carbocycles. The monoisotopic (exact) mass is 150 g/mol. The van der Waals surface area contributed by atoms with Gasteiger partial charge in [-0.15, -0.1) is 0 Å². The molecule has 0 saturated heterocycles. The Morgan fingerprint density at radius 1 is 1.18 bits per heavy atom. The fourth-order valence-electron chi connectivity index (χ4n) is 1.01. The standard InChI is InChI=1S/C9H14N2/c1-2-8-3-5-9(6-4-8)7-11-10/h3-6,11H,2,7,10H2,1H3. The second kappa shape index (κ2) is 4.11. The van der Waals surface area contributed by atoms with Crippen LogP contribution in [0.3, 0.4) is 0 Å². The number of hydrogen-bond acceptors (Lipinski definition) is 2. The average molecular weight is 150 g/mol. The van der Waals surface area contributed by atoms with Crippen LogP contribution in [-0.4, -0.2) is 0 Å². The van der Waals surface area contributed by atoms with Crippen LogP contribution in [-0.2, 0) is 13.0 Å². The molecule has 0 spiro atoms. The van der Waals surface area contributed by atoms with Gasteiger partial charge in [0, 0.05) is 6.54 Å². The number of rotatable bonds is 3. The van der Waals surface area contributed by atoms with Crippen LogP contribution in [0.4, 0.5) is 0 Å². The third kappa shape index (κ3) is 2.33. The zero-order valence-electron chi connectivity index (χ0n) is 6.80. The highest BCUT2D eigenvalue weighted by Gasteiger charge is 1.90. The first-order valence-corrected chi connectivity index (χ1v) is 3.88. The summed E-state index contributed by atoms with van der Waals surface area (Å²) in [6.45, 7) is 2.89. The zero-order chi connectivity index (χ0) is 8.10. The molecule has 0 saturated carbocycles. The minimum Gasteiger partial charge on any atom is -0.271 e. The van der Waals surface area contributed by atoms with Crippen molar-refractivity contribution in [3.05, 3.63) is 35.4 Å². The van der Waals surface area contributed by atoms with Crippen molar-refractivity contribution in [1.29, 1.82) is 0 Å². The van der Waals surface area contributed by atoms with Gasteiger partial charge >= 0.3 is 0 Å². The van der Waals surface area contributed by atoms with Crippen molar-refractivity contribution in [2.45, 2.75) is 19.9 Å². The van der Waals surface area contributed by atoms with Gasteiger partial charge < -0.3 is 0 Å². The molecule has 0 fully saturated rings. The van der Waals surface area contributed by atoms with Crippen molar-refractivity contribution >= 4 is 0 Å². The average Bonchev–Trinajstić information content (AvgIpc) is 2.07. The molecule has 1 rings (SSSR count). The van der Waals surface area contributed by atoms with Crippen LogP contribution in [0.15, 0.2) is 24.3 Å². The highest BCUT2D eigenvalue weighted by molar-refractivity contribution is 5.22. The number of nitrogens with one attached hydrogen (secondary N) is 1. The first-order chi connectivity index (χ1) is 5.36. The van der Waals surface area contributed by atoms with E-state index in [1.54, 1.807) is 0 Å². The van der Waals surface area contributed by atoms with Gasteiger partial charge in [-0.2, -0.15) is 0 Å². The maximum absolute atomic E-state index is 5.18. The van der Waals surface area contributed by atoms with Crippen molar-refractivity contribution < 1.29 is 0 Å². The van der Waals surface area contributed by atoms with E-state index in [9.17, 15) is 0 Å². The Bertz CT molecular complexity index is 203. The molecule has 0 aliphatic rings. The van der Waals surface area contributed by atoms with Gasteiger partial charge in [0.1, 0.15) is 0 Å². The third-order valence-electron chi connectivity index (χ3n) is 1.74. The molecule has 1 aromatic carbocycles. The molecule has 11 heavy (non-hydrogen) atoms. The molecule has 2 nitrogen and oxygen atoms in total. The molecule has 0 aromatic heterocycles. The molecular weight excluding hydrogens is 136 g/mol. The molecule has 2 heteroatoms. The first-order valence-electron chi connectivity index (χ1n) is 3.88. The smallest absolute Gasteiger partial charge is 0.0348 e. The first kappa shape index (κ1) is 8.24. The summed E-state index contributed by atoms with van der Waals surface area (Å²) in [7, 11) is 0. The molecule has 0 aliphatic heterocycles. The van der Waals surface area contributed by atoms with Crippen molar-refractivity contribution in [2.24, 2.45) is 5.84 Å². The van der Waals surface area contributed by atoms with Crippen LogP contribution >= 0.6 is 0 Å². The summed E-state index contributed by atoms with van der Waals surface area (Å²) < 4.78 is 0. The summed E-state index contributed by atoms with van der Waals surface area (Å²) in [4.78, 5) is 0. The third-order valence-corrected chi connectivity index (χ3v) is 1.74. The van der Waals surface area contributed by atoms with E-state index < -0.39 is 0 Å². The molecule has 0 atom stereocenters. The molecule has 0 bridgehead atoms. The second-order valence-electron chi connectivity index (χ2n) is 2.55. The molecule has 0 unspecified atom stereocenters. The van der Waals surface area contributed by atoms with E-state index in [0.717, 1.165) is 13.0 Å². The van der Waals surface area contributed by atoms with Crippen LogP contribution in [0.2, 0.25) is 0 Å². The maximum Gasteiger partial charge on any atom is 0.0348 e. The quantitative estimate of drug-likeness (QED) is 0.502. The van der Waals surface area contributed by atoms with E-state index in [2.05, 4.69) is 36.6 Å². The van der Waals surface area contributed by atoms with Gasteiger partial charge in [-0.1, -0.05) is 31.2 Å². The Hall–Kier alpha value is -0.860. The number of aryl methyl sites for hydroxylation is 1. The van der Waals surface area contributed by atoms with Crippen molar-refractivity contribution in [2.75, 3.05) is 0 Å². The normalized spacial score (nSPS) is 10.0. The summed E-state index contributed by atoms with van der Waals surface area (Å²) >= 11 is 0. The molecular formula is C9H14N2. The van der Waals surface area contributed by atoms with Crippen LogP contribution in [0.5, 0.6) is 0 Å². The van der Waals surface area contributed by atoms with E-state index in [1.807, 2.05) is 0 Å². The lowest BCUT2D eigenvalue weighted by Gasteiger charge is -2.00. The lowest BCUT2D eigenvalue weighted by atomic mass is 10.1. The van der Waals surface area contributed by atoms with Gasteiger partial charge in [0.2, 0.25) is 0 Å². The summed E-state index contributed by atoms with van der Waals surface area (Å²) in [6.07, 6.45) is 1.09. The summed E-state index contributed by atoms with van der Waals surface area (Å²) in [5.74, 6) is 5.18. The van der Waals surface area contributed by atoms with E-state index in [0.29, 0.717) is 0 Å². The Labute approximate surface area is 67.4 Å².